The highest BCUT2D eigenvalue weighted by Crippen LogP contribution is 2.24. The number of fused-ring (bicyclic) bond motifs is 1. The average molecular weight is 542 g/mol. The van der Waals surface area contributed by atoms with Gasteiger partial charge in [0, 0.05) is 28.5 Å². The number of anilines is 2. The number of nitriles is 1. The normalized spacial score (nSPS) is 18.2. The molecule has 0 saturated carbocycles. The zero-order valence-electron chi connectivity index (χ0n) is 22.4. The number of hydrogen-bond acceptors (Lipinski definition) is 8. The molecule has 1 aliphatic rings. The second-order valence-corrected chi connectivity index (χ2v) is 12.3. The van der Waals surface area contributed by atoms with Crippen LogP contribution in [0.3, 0.4) is 0 Å². The number of carbonyl (C=O) groups is 1. The molecular weight excluding hydrogens is 506 g/mol. The lowest BCUT2D eigenvalue weighted by atomic mass is 9.96. The minimum Gasteiger partial charge on any atom is -0.458 e. The number of benzene rings is 1. The van der Waals surface area contributed by atoms with Crippen LogP contribution in [0, 0.1) is 17.2 Å². The van der Waals surface area contributed by atoms with Crippen molar-refractivity contribution in [1.29, 1.82) is 5.26 Å². The molecule has 1 aromatic carbocycles. The maximum absolute atomic E-state index is 12.0. The summed E-state index contributed by atoms with van der Waals surface area (Å²) in [6.07, 6.45) is 3.14. The molecule has 1 aliphatic heterocycles. The zero-order valence-corrected chi connectivity index (χ0v) is 23.2. The number of rotatable bonds is 6. The predicted molar refractivity (Wildman–Crippen MR) is 147 cm³/mol. The molecule has 1 fully saturated rings. The lowest BCUT2D eigenvalue weighted by Crippen LogP contribution is -2.37. The van der Waals surface area contributed by atoms with E-state index in [9.17, 15) is 13.8 Å². The number of carbonyl (C=O) groups excluding carboxylic acids is 1. The Morgan fingerprint density at radius 1 is 1.26 bits per heavy atom. The molecule has 3 unspecified atom stereocenters. The molecule has 0 bridgehead atoms. The summed E-state index contributed by atoms with van der Waals surface area (Å²) in [5.74, 6) is 0.446. The molecule has 0 amide bonds. The van der Waals surface area contributed by atoms with Gasteiger partial charge < -0.3 is 19.8 Å². The van der Waals surface area contributed by atoms with Crippen molar-refractivity contribution in [2.45, 2.75) is 75.7 Å². The van der Waals surface area contributed by atoms with Gasteiger partial charge in [0.15, 0.2) is 11.9 Å². The molecule has 10 nitrogen and oxygen atoms in total. The van der Waals surface area contributed by atoms with Crippen molar-refractivity contribution in [3.63, 3.8) is 0 Å². The third kappa shape index (κ3) is 8.00. The van der Waals surface area contributed by atoms with E-state index in [-0.39, 0.29) is 22.7 Å². The molecular formula is C27H35N5O5S. The molecule has 0 aliphatic carbocycles. The lowest BCUT2D eigenvalue weighted by Gasteiger charge is -2.29. The van der Waals surface area contributed by atoms with E-state index in [2.05, 4.69) is 26.6 Å². The summed E-state index contributed by atoms with van der Waals surface area (Å²) < 4.78 is 22.7. The molecule has 3 heterocycles. The van der Waals surface area contributed by atoms with Crippen LogP contribution in [-0.2, 0) is 25.1 Å². The molecule has 2 aromatic heterocycles. The van der Waals surface area contributed by atoms with Crippen LogP contribution in [-0.4, -0.2) is 48.9 Å². The summed E-state index contributed by atoms with van der Waals surface area (Å²) in [6.45, 7) is 9.84. The Morgan fingerprint density at radius 2 is 1.97 bits per heavy atom. The van der Waals surface area contributed by atoms with Crippen molar-refractivity contribution in [1.82, 2.24) is 15.2 Å². The van der Waals surface area contributed by atoms with Crippen LogP contribution in [0.25, 0.3) is 10.9 Å². The maximum Gasteiger partial charge on any atom is 0.335 e. The van der Waals surface area contributed by atoms with Crippen molar-refractivity contribution in [2.75, 3.05) is 11.9 Å². The largest absolute Gasteiger partial charge is 0.458 e. The van der Waals surface area contributed by atoms with Gasteiger partial charge in [0.1, 0.15) is 11.0 Å². The van der Waals surface area contributed by atoms with Crippen LogP contribution in [0.5, 0.6) is 0 Å². The fourth-order valence-corrected chi connectivity index (χ4v) is 4.75. The van der Waals surface area contributed by atoms with Crippen molar-refractivity contribution in [3.8, 4) is 6.07 Å². The zero-order chi connectivity index (χ0) is 27.9. The summed E-state index contributed by atoms with van der Waals surface area (Å²) in [7, 11) is -1.01. The first-order valence-electron chi connectivity index (χ1n) is 12.5. The number of ether oxygens (including phenoxy) is 2. The summed E-state index contributed by atoms with van der Waals surface area (Å²) in [4.78, 5) is 26.9. The molecule has 3 atom stereocenters. The Balaban J connectivity index is 0.000000223. The molecule has 0 radical (unpaired) electrons. The van der Waals surface area contributed by atoms with Gasteiger partial charge in [-0.25, -0.2) is 4.79 Å². The highest BCUT2D eigenvalue weighted by Gasteiger charge is 2.30. The Hall–Kier alpha value is -3.49. The van der Waals surface area contributed by atoms with E-state index >= 15 is 0 Å². The third-order valence-corrected chi connectivity index (χ3v) is 7.28. The SMILES string of the molecule is CC(C)(C)OC(=O)C1CCC(CC#N)CO1.CC(C)S(=O)c1ccc(Nc2n[nH]c3cc[nH]c(=O)c23)cc1. The number of H-pyrrole nitrogens is 2. The second-order valence-electron chi connectivity index (χ2n) is 10.3. The molecule has 3 N–H and O–H groups in total. The molecule has 11 heteroatoms. The van der Waals surface area contributed by atoms with Gasteiger partial charge in [-0.15, -0.1) is 0 Å². The summed E-state index contributed by atoms with van der Waals surface area (Å²) in [5, 5.41) is 19.1. The first-order valence-corrected chi connectivity index (χ1v) is 13.7. The number of pyridine rings is 1. The van der Waals surface area contributed by atoms with Crippen LogP contribution in [0.15, 0.2) is 46.2 Å². The van der Waals surface area contributed by atoms with Gasteiger partial charge in [-0.05, 0) is 69.9 Å². The first kappa shape index (κ1) is 29.1. The Kier molecular flexibility index (Phi) is 9.83. The number of nitrogens with zero attached hydrogens (tertiary/aromatic N) is 2. The second kappa shape index (κ2) is 12.8. The van der Waals surface area contributed by atoms with Crippen LogP contribution in [0.4, 0.5) is 11.5 Å². The lowest BCUT2D eigenvalue weighted by molar-refractivity contribution is -0.173. The third-order valence-electron chi connectivity index (χ3n) is 5.68. The van der Waals surface area contributed by atoms with E-state index in [0.717, 1.165) is 17.0 Å². The maximum atomic E-state index is 12.0. The molecule has 3 aromatic rings. The van der Waals surface area contributed by atoms with Crippen molar-refractivity contribution < 1.29 is 18.5 Å². The van der Waals surface area contributed by atoms with E-state index in [0.29, 0.717) is 36.2 Å². The molecule has 38 heavy (non-hydrogen) atoms. The number of esters is 1. The fraction of sp³-hybridized carbons (Fsp3) is 0.481. The smallest absolute Gasteiger partial charge is 0.335 e. The number of hydrogen-bond donors (Lipinski definition) is 3. The van der Waals surface area contributed by atoms with Crippen LogP contribution < -0.4 is 10.9 Å². The Bertz CT molecular complexity index is 1340. The minimum atomic E-state index is -1.01. The van der Waals surface area contributed by atoms with Gasteiger partial charge >= 0.3 is 5.97 Å². The van der Waals surface area contributed by atoms with E-state index in [1.807, 2.05) is 58.9 Å². The first-order chi connectivity index (χ1) is 18.0. The van der Waals surface area contributed by atoms with E-state index in [4.69, 9.17) is 14.7 Å². The fourth-order valence-electron chi connectivity index (χ4n) is 3.80. The van der Waals surface area contributed by atoms with Gasteiger partial charge in [0.2, 0.25) is 0 Å². The quantitative estimate of drug-likeness (QED) is 0.385. The topological polar surface area (TPSA) is 150 Å². The van der Waals surface area contributed by atoms with Crippen molar-refractivity contribution >= 4 is 39.2 Å². The average Bonchev–Trinajstić information content (AvgIpc) is 3.28. The van der Waals surface area contributed by atoms with Gasteiger partial charge in [-0.1, -0.05) is 13.8 Å². The minimum absolute atomic E-state index is 0.0765. The number of nitrogens with one attached hydrogen (secondary N) is 3. The highest BCUT2D eigenvalue weighted by atomic mass is 32.2. The molecule has 204 valence electrons. The van der Waals surface area contributed by atoms with Crippen LogP contribution >= 0.6 is 0 Å². The van der Waals surface area contributed by atoms with Gasteiger partial charge in [-0.2, -0.15) is 10.4 Å². The highest BCUT2D eigenvalue weighted by molar-refractivity contribution is 7.85. The number of aromatic amines is 2. The van der Waals surface area contributed by atoms with Gasteiger partial charge in [0.05, 0.1) is 29.0 Å². The predicted octanol–water partition coefficient (Wildman–Crippen LogP) is 4.55. The van der Waals surface area contributed by atoms with Crippen LogP contribution in [0.1, 0.15) is 53.9 Å². The van der Waals surface area contributed by atoms with E-state index in [1.54, 1.807) is 12.3 Å². The monoisotopic (exact) mass is 541 g/mol. The van der Waals surface area contributed by atoms with E-state index in [1.165, 1.54) is 0 Å². The number of aromatic nitrogens is 3. The molecule has 0 spiro atoms. The van der Waals surface area contributed by atoms with Gasteiger partial charge in [0.25, 0.3) is 5.56 Å². The standard InChI is InChI=1S/C15H16N4O2S.C12H19NO3/c1-9(2)22(21)11-5-3-10(4-6-11)17-14-13-12(18-19-14)7-8-16-15(13)20;1-12(2,3)16-11(14)10-5-4-9(6-7-13)8-15-10/h3-9H,1-2H3,(H,16,20)(H2,17,18,19);9-10H,4-6,8H2,1-3H3. The van der Waals surface area contributed by atoms with Crippen LogP contribution in [0.2, 0.25) is 0 Å². The summed E-state index contributed by atoms with van der Waals surface area (Å²) >= 11 is 0. The molecule has 1 saturated heterocycles. The van der Waals surface area contributed by atoms with E-state index < -0.39 is 22.5 Å². The Morgan fingerprint density at radius 3 is 2.55 bits per heavy atom. The summed E-state index contributed by atoms with van der Waals surface area (Å²) in [6, 6.07) is 11.2. The molecule has 4 rings (SSSR count). The van der Waals surface area contributed by atoms with Gasteiger partial charge in [-0.3, -0.25) is 14.1 Å². The van der Waals surface area contributed by atoms with Crippen molar-refractivity contribution in [2.24, 2.45) is 5.92 Å². The van der Waals surface area contributed by atoms with Crippen molar-refractivity contribution in [3.05, 3.63) is 46.9 Å². The summed E-state index contributed by atoms with van der Waals surface area (Å²) in [5.41, 5.74) is 0.778. The Labute approximate surface area is 224 Å².